The zero-order chi connectivity index (χ0) is 17.8. The molecular weight excluding hydrogens is 341 g/mol. The van der Waals surface area contributed by atoms with Gasteiger partial charge in [0.15, 0.2) is 0 Å². The maximum absolute atomic E-state index is 13.8. The first-order valence-corrected chi connectivity index (χ1v) is 9.79. The van der Waals surface area contributed by atoms with Crippen LogP contribution in [0.3, 0.4) is 0 Å². The largest absolute Gasteiger partial charge is 0.352 e. The predicted octanol–water partition coefficient (Wildman–Crippen LogP) is 1.35. The molecule has 2 fully saturated rings. The summed E-state index contributed by atoms with van der Waals surface area (Å²) in [5, 5.41) is 5.44. The van der Waals surface area contributed by atoms with Gasteiger partial charge >= 0.3 is 0 Å². The molecule has 0 radical (unpaired) electrons. The van der Waals surface area contributed by atoms with E-state index in [0.717, 1.165) is 25.7 Å². The summed E-state index contributed by atoms with van der Waals surface area (Å²) in [5.41, 5.74) is 6.40. The van der Waals surface area contributed by atoms with Crippen LogP contribution in [-0.4, -0.2) is 40.9 Å². The van der Waals surface area contributed by atoms with E-state index < -0.39 is 6.04 Å². The summed E-state index contributed by atoms with van der Waals surface area (Å²) in [4.78, 5) is 24.7. The number of rotatable bonds is 4. The average Bonchev–Trinajstić information content (AvgIpc) is 2.60. The number of nitrogens with one attached hydrogen (secondary N) is 2. The molecule has 2 unspecified atom stereocenters. The van der Waals surface area contributed by atoms with E-state index in [9.17, 15) is 14.0 Å². The van der Waals surface area contributed by atoms with Gasteiger partial charge in [0.1, 0.15) is 11.9 Å². The third kappa shape index (κ3) is 4.73. The lowest BCUT2D eigenvalue weighted by atomic mass is 9.91. The van der Waals surface area contributed by atoms with Crippen molar-refractivity contribution in [3.05, 3.63) is 35.6 Å². The van der Waals surface area contributed by atoms with Crippen molar-refractivity contribution in [2.24, 2.45) is 5.73 Å². The van der Waals surface area contributed by atoms with Crippen LogP contribution in [0.25, 0.3) is 0 Å². The highest BCUT2D eigenvalue weighted by Crippen LogP contribution is 2.24. The summed E-state index contributed by atoms with van der Waals surface area (Å²) in [5.74, 6) is -0.134. The van der Waals surface area contributed by atoms with Crippen LogP contribution in [0, 0.1) is 5.82 Å². The molecule has 0 bridgehead atoms. The van der Waals surface area contributed by atoms with Gasteiger partial charge in [-0.05, 0) is 43.7 Å². The summed E-state index contributed by atoms with van der Waals surface area (Å²) in [6, 6.07) is 6.33. The minimum Gasteiger partial charge on any atom is -0.352 e. The lowest BCUT2D eigenvalue weighted by molar-refractivity contribution is -0.129. The van der Waals surface area contributed by atoms with Gasteiger partial charge in [-0.1, -0.05) is 18.2 Å². The zero-order valence-corrected chi connectivity index (χ0v) is 14.9. The van der Waals surface area contributed by atoms with Gasteiger partial charge in [0.2, 0.25) is 11.8 Å². The van der Waals surface area contributed by atoms with Crippen molar-refractivity contribution >= 4 is 23.6 Å². The number of benzene rings is 1. The maximum Gasteiger partial charge on any atom is 0.243 e. The van der Waals surface area contributed by atoms with E-state index in [4.69, 9.17) is 5.73 Å². The van der Waals surface area contributed by atoms with Crippen molar-refractivity contribution in [3.63, 3.8) is 0 Å². The number of thioether (sulfide) groups is 1. The average molecular weight is 365 g/mol. The molecule has 136 valence electrons. The molecule has 1 aliphatic carbocycles. The monoisotopic (exact) mass is 365 g/mol. The molecule has 4 N–H and O–H groups in total. The van der Waals surface area contributed by atoms with Crippen molar-refractivity contribution in [1.29, 1.82) is 0 Å². The minimum atomic E-state index is -0.523. The highest BCUT2D eigenvalue weighted by atomic mass is 32.2. The summed E-state index contributed by atoms with van der Waals surface area (Å²) in [6.07, 6.45) is 3.94. The molecule has 5 nitrogen and oxygen atoms in total. The highest BCUT2D eigenvalue weighted by molar-refractivity contribution is 8.00. The summed E-state index contributed by atoms with van der Waals surface area (Å²) < 4.78 is 13.8. The fraction of sp³-hybridized carbons (Fsp3) is 0.556. The quantitative estimate of drug-likeness (QED) is 0.752. The second kappa shape index (κ2) is 8.19. The van der Waals surface area contributed by atoms with Crippen molar-refractivity contribution in [2.45, 2.75) is 55.5 Å². The Morgan fingerprint density at radius 2 is 2.00 bits per heavy atom. The van der Waals surface area contributed by atoms with Crippen LogP contribution in [-0.2, 0) is 16.0 Å². The molecular formula is C18H24FN3O2S. The van der Waals surface area contributed by atoms with Crippen LogP contribution in [0.5, 0.6) is 0 Å². The summed E-state index contributed by atoms with van der Waals surface area (Å²) in [6.45, 7) is 0. The normalized spacial score (nSPS) is 29.8. The van der Waals surface area contributed by atoms with Gasteiger partial charge in [-0.15, -0.1) is 11.8 Å². The molecule has 2 atom stereocenters. The van der Waals surface area contributed by atoms with E-state index in [-0.39, 0.29) is 35.0 Å². The topological polar surface area (TPSA) is 84.2 Å². The molecule has 2 aliphatic rings. The van der Waals surface area contributed by atoms with E-state index in [0.29, 0.717) is 17.7 Å². The van der Waals surface area contributed by atoms with E-state index in [1.165, 1.54) is 17.8 Å². The van der Waals surface area contributed by atoms with Crippen LogP contribution in [0.2, 0.25) is 0 Å². The van der Waals surface area contributed by atoms with Crippen molar-refractivity contribution in [3.8, 4) is 0 Å². The van der Waals surface area contributed by atoms with E-state index in [1.54, 1.807) is 18.2 Å². The van der Waals surface area contributed by atoms with E-state index in [1.807, 2.05) is 0 Å². The number of hydrogen-bond donors (Lipinski definition) is 3. The van der Waals surface area contributed by atoms with Crippen LogP contribution < -0.4 is 16.4 Å². The first-order valence-electron chi connectivity index (χ1n) is 8.74. The number of hydrogen-bond acceptors (Lipinski definition) is 4. The smallest absolute Gasteiger partial charge is 0.243 e. The van der Waals surface area contributed by atoms with Crippen LogP contribution >= 0.6 is 11.8 Å². The molecule has 3 rings (SSSR count). The Morgan fingerprint density at radius 1 is 1.28 bits per heavy atom. The van der Waals surface area contributed by atoms with Crippen LogP contribution in [0.1, 0.15) is 31.2 Å². The molecule has 1 aliphatic heterocycles. The molecule has 1 saturated heterocycles. The number of carbonyl (C=O) groups excluding carboxylic acids is 2. The number of amides is 2. The first-order chi connectivity index (χ1) is 12.0. The Bertz CT molecular complexity index is 635. The molecule has 1 aromatic rings. The Hall–Kier alpha value is -1.60. The second-order valence-corrected chi connectivity index (χ2v) is 8.03. The zero-order valence-electron chi connectivity index (χ0n) is 14.0. The minimum absolute atomic E-state index is 0.134. The molecule has 0 aromatic heterocycles. The predicted molar refractivity (Wildman–Crippen MR) is 96.7 cm³/mol. The maximum atomic E-state index is 13.8. The van der Waals surface area contributed by atoms with Gasteiger partial charge in [0.05, 0.1) is 5.25 Å². The van der Waals surface area contributed by atoms with Gasteiger partial charge in [-0.25, -0.2) is 4.39 Å². The summed E-state index contributed by atoms with van der Waals surface area (Å²) >= 11 is 1.41. The fourth-order valence-electron chi connectivity index (χ4n) is 3.32. The van der Waals surface area contributed by atoms with Crippen molar-refractivity contribution in [2.75, 3.05) is 5.75 Å². The molecule has 1 heterocycles. The standard InChI is InChI=1S/C18H24FN3O2S/c19-14-4-2-1-3-11(14)9-16-18(24)22-15(10-25-16)17(23)21-13-7-5-12(20)6-8-13/h1-4,12-13,15-16H,5-10,20H2,(H,21,23)(H,22,24). The van der Waals surface area contributed by atoms with Gasteiger partial charge in [-0.3, -0.25) is 9.59 Å². The molecule has 7 heteroatoms. The molecule has 2 amide bonds. The molecule has 1 saturated carbocycles. The fourth-order valence-corrected chi connectivity index (χ4v) is 4.49. The third-order valence-electron chi connectivity index (χ3n) is 4.87. The third-order valence-corrected chi connectivity index (χ3v) is 6.18. The lowest BCUT2D eigenvalue weighted by Crippen LogP contribution is -2.56. The van der Waals surface area contributed by atoms with E-state index in [2.05, 4.69) is 10.6 Å². The number of carbonyl (C=O) groups is 2. The highest BCUT2D eigenvalue weighted by Gasteiger charge is 2.33. The first kappa shape index (κ1) is 18.2. The Labute approximate surface area is 151 Å². The van der Waals surface area contributed by atoms with Gasteiger partial charge < -0.3 is 16.4 Å². The van der Waals surface area contributed by atoms with Crippen LogP contribution in [0.4, 0.5) is 4.39 Å². The Kier molecular flexibility index (Phi) is 5.96. The van der Waals surface area contributed by atoms with Gasteiger partial charge in [-0.2, -0.15) is 0 Å². The van der Waals surface area contributed by atoms with Crippen molar-refractivity contribution in [1.82, 2.24) is 10.6 Å². The van der Waals surface area contributed by atoms with Gasteiger partial charge in [0, 0.05) is 17.8 Å². The molecule has 25 heavy (non-hydrogen) atoms. The number of halogens is 1. The molecule has 0 spiro atoms. The number of nitrogens with two attached hydrogens (primary N) is 1. The Morgan fingerprint density at radius 3 is 2.68 bits per heavy atom. The molecule has 1 aromatic carbocycles. The summed E-state index contributed by atoms with van der Waals surface area (Å²) in [7, 11) is 0. The van der Waals surface area contributed by atoms with E-state index >= 15 is 0 Å². The lowest BCUT2D eigenvalue weighted by Gasteiger charge is -2.31. The van der Waals surface area contributed by atoms with Gasteiger partial charge in [0.25, 0.3) is 0 Å². The van der Waals surface area contributed by atoms with Crippen molar-refractivity contribution < 1.29 is 14.0 Å². The Balaban J connectivity index is 1.50. The van der Waals surface area contributed by atoms with Crippen LogP contribution in [0.15, 0.2) is 24.3 Å². The SMILES string of the molecule is NC1CCC(NC(=O)C2CSC(Cc3ccccc3F)C(=O)N2)CC1. The second-order valence-electron chi connectivity index (χ2n) is 6.80.